The molecule has 1 aliphatic heterocycles. The van der Waals surface area contributed by atoms with E-state index in [4.69, 9.17) is 10.5 Å². The third-order valence-corrected chi connectivity index (χ3v) is 3.85. The number of hydrogen-bond donors (Lipinski definition) is 1. The standard InChI is InChI=1S/C14H25N5O2/c1-10-16-17-11(18(10)5)14(15)6-8-19(9-7-14)12(20)21-13(2,3)4/h6-9,15H2,1-5H3. The minimum atomic E-state index is -0.533. The lowest BCUT2D eigenvalue weighted by atomic mass is 9.88. The van der Waals surface area contributed by atoms with Gasteiger partial charge in [-0.05, 0) is 40.5 Å². The average molecular weight is 295 g/mol. The minimum absolute atomic E-state index is 0.279. The molecule has 7 heteroatoms. The van der Waals surface area contributed by atoms with Crippen LogP contribution in [0.4, 0.5) is 4.79 Å². The van der Waals surface area contributed by atoms with Gasteiger partial charge in [0.1, 0.15) is 11.4 Å². The van der Waals surface area contributed by atoms with Crippen molar-refractivity contribution < 1.29 is 9.53 Å². The maximum Gasteiger partial charge on any atom is 0.410 e. The van der Waals surface area contributed by atoms with Crippen molar-refractivity contribution >= 4 is 6.09 Å². The molecule has 0 spiro atoms. The molecule has 2 heterocycles. The Balaban J connectivity index is 2.03. The topological polar surface area (TPSA) is 86.3 Å². The first kappa shape index (κ1) is 15.8. The number of carbonyl (C=O) groups excluding carboxylic acids is 1. The van der Waals surface area contributed by atoms with E-state index < -0.39 is 11.1 Å². The molecule has 21 heavy (non-hydrogen) atoms. The monoisotopic (exact) mass is 295 g/mol. The first-order chi connectivity index (χ1) is 9.62. The maximum absolute atomic E-state index is 12.1. The maximum atomic E-state index is 12.1. The van der Waals surface area contributed by atoms with Gasteiger partial charge in [-0.15, -0.1) is 10.2 Å². The van der Waals surface area contributed by atoms with Crippen LogP contribution in [0.2, 0.25) is 0 Å². The number of nitrogens with zero attached hydrogens (tertiary/aromatic N) is 4. The summed E-state index contributed by atoms with van der Waals surface area (Å²) >= 11 is 0. The van der Waals surface area contributed by atoms with E-state index in [-0.39, 0.29) is 6.09 Å². The summed E-state index contributed by atoms with van der Waals surface area (Å²) in [4.78, 5) is 13.8. The summed E-state index contributed by atoms with van der Waals surface area (Å²) in [6, 6.07) is 0. The Bertz CT molecular complexity index is 524. The highest BCUT2D eigenvalue weighted by atomic mass is 16.6. The molecule has 1 aromatic rings. The lowest BCUT2D eigenvalue weighted by Crippen LogP contribution is -2.51. The fraction of sp³-hybridized carbons (Fsp3) is 0.786. The highest BCUT2D eigenvalue weighted by Gasteiger charge is 2.38. The van der Waals surface area contributed by atoms with E-state index in [2.05, 4.69) is 10.2 Å². The van der Waals surface area contributed by atoms with Gasteiger partial charge in [0.25, 0.3) is 0 Å². The third-order valence-electron chi connectivity index (χ3n) is 3.85. The molecule has 7 nitrogen and oxygen atoms in total. The van der Waals surface area contributed by atoms with E-state index in [1.807, 2.05) is 39.3 Å². The predicted octanol–water partition coefficient (Wildman–Crippen LogP) is 1.31. The molecule has 1 fully saturated rings. The Labute approximate surface area is 125 Å². The van der Waals surface area contributed by atoms with Crippen molar-refractivity contribution in [2.75, 3.05) is 13.1 Å². The van der Waals surface area contributed by atoms with Gasteiger partial charge in [0, 0.05) is 20.1 Å². The molecule has 0 bridgehead atoms. The molecule has 0 radical (unpaired) electrons. The van der Waals surface area contributed by atoms with Crippen LogP contribution in [0.5, 0.6) is 0 Å². The van der Waals surface area contributed by atoms with Crippen molar-refractivity contribution in [2.45, 2.75) is 51.7 Å². The SMILES string of the molecule is Cc1nnc(C2(N)CCN(C(=O)OC(C)(C)C)CC2)n1C. The van der Waals surface area contributed by atoms with Crippen LogP contribution in [0.15, 0.2) is 0 Å². The summed E-state index contributed by atoms with van der Waals surface area (Å²) in [5, 5.41) is 8.26. The van der Waals surface area contributed by atoms with E-state index in [9.17, 15) is 4.79 Å². The molecule has 0 aromatic carbocycles. The lowest BCUT2D eigenvalue weighted by molar-refractivity contribution is 0.0160. The Morgan fingerprint density at radius 1 is 1.29 bits per heavy atom. The van der Waals surface area contributed by atoms with Gasteiger partial charge in [0.15, 0.2) is 5.82 Å². The second kappa shape index (κ2) is 5.29. The third kappa shape index (κ3) is 3.34. The van der Waals surface area contributed by atoms with Crippen LogP contribution >= 0.6 is 0 Å². The predicted molar refractivity (Wildman–Crippen MR) is 78.6 cm³/mol. The Kier molecular flexibility index (Phi) is 3.97. The van der Waals surface area contributed by atoms with Crippen LogP contribution in [-0.2, 0) is 17.3 Å². The molecule has 0 saturated carbocycles. The van der Waals surface area contributed by atoms with Crippen molar-refractivity contribution in [3.05, 3.63) is 11.6 Å². The number of aromatic nitrogens is 3. The number of carbonyl (C=O) groups is 1. The van der Waals surface area contributed by atoms with Crippen LogP contribution in [0, 0.1) is 6.92 Å². The Morgan fingerprint density at radius 3 is 2.29 bits per heavy atom. The first-order valence-electron chi connectivity index (χ1n) is 7.26. The molecule has 2 N–H and O–H groups in total. The number of ether oxygens (including phenoxy) is 1. The summed E-state index contributed by atoms with van der Waals surface area (Å²) in [5.41, 5.74) is 5.47. The molecule has 1 amide bonds. The second-order valence-electron chi connectivity index (χ2n) is 6.75. The molecule has 0 aliphatic carbocycles. The van der Waals surface area contributed by atoms with Crippen molar-refractivity contribution in [3.8, 4) is 0 Å². The molecule has 1 aliphatic rings. The zero-order valence-electron chi connectivity index (χ0n) is 13.5. The van der Waals surface area contributed by atoms with Crippen molar-refractivity contribution in [2.24, 2.45) is 12.8 Å². The van der Waals surface area contributed by atoms with Crippen LogP contribution in [-0.4, -0.2) is 44.4 Å². The lowest BCUT2D eigenvalue weighted by Gasteiger charge is -2.38. The van der Waals surface area contributed by atoms with E-state index in [1.165, 1.54) is 0 Å². The number of amides is 1. The number of hydrogen-bond acceptors (Lipinski definition) is 5. The quantitative estimate of drug-likeness (QED) is 0.844. The minimum Gasteiger partial charge on any atom is -0.444 e. The molecule has 118 valence electrons. The summed E-state index contributed by atoms with van der Waals surface area (Å²) in [6.45, 7) is 8.63. The Hall–Kier alpha value is -1.63. The molecule has 0 unspecified atom stereocenters. The van der Waals surface area contributed by atoms with Crippen LogP contribution < -0.4 is 5.73 Å². The average Bonchev–Trinajstić information content (AvgIpc) is 2.69. The summed E-state index contributed by atoms with van der Waals surface area (Å²) in [5.74, 6) is 1.62. The zero-order valence-corrected chi connectivity index (χ0v) is 13.5. The van der Waals surface area contributed by atoms with Gasteiger partial charge in [-0.2, -0.15) is 0 Å². The van der Waals surface area contributed by atoms with Gasteiger partial charge in [0.2, 0.25) is 0 Å². The second-order valence-corrected chi connectivity index (χ2v) is 6.75. The highest BCUT2D eigenvalue weighted by Crippen LogP contribution is 2.29. The molecule has 2 rings (SSSR count). The number of rotatable bonds is 1. The largest absolute Gasteiger partial charge is 0.444 e. The smallest absolute Gasteiger partial charge is 0.410 e. The van der Waals surface area contributed by atoms with Crippen molar-refractivity contribution in [1.29, 1.82) is 0 Å². The fourth-order valence-electron chi connectivity index (χ4n) is 2.48. The van der Waals surface area contributed by atoms with Crippen molar-refractivity contribution in [3.63, 3.8) is 0 Å². The summed E-state index contributed by atoms with van der Waals surface area (Å²) < 4.78 is 7.31. The molecular formula is C14H25N5O2. The number of aryl methyl sites for hydroxylation is 1. The molecule has 0 atom stereocenters. The zero-order chi connectivity index (χ0) is 15.8. The number of nitrogens with two attached hydrogens (primary N) is 1. The fourth-order valence-corrected chi connectivity index (χ4v) is 2.48. The first-order valence-corrected chi connectivity index (χ1v) is 7.26. The van der Waals surface area contributed by atoms with Crippen LogP contribution in [0.1, 0.15) is 45.3 Å². The molecular weight excluding hydrogens is 270 g/mol. The summed E-state index contributed by atoms with van der Waals surface area (Å²) in [7, 11) is 1.92. The Morgan fingerprint density at radius 2 is 1.86 bits per heavy atom. The van der Waals surface area contributed by atoms with Crippen LogP contribution in [0.25, 0.3) is 0 Å². The molecule has 1 aromatic heterocycles. The van der Waals surface area contributed by atoms with Crippen LogP contribution in [0.3, 0.4) is 0 Å². The van der Waals surface area contributed by atoms with E-state index in [0.717, 1.165) is 11.6 Å². The van der Waals surface area contributed by atoms with Gasteiger partial charge in [-0.3, -0.25) is 0 Å². The van der Waals surface area contributed by atoms with E-state index in [0.29, 0.717) is 25.9 Å². The number of piperidine rings is 1. The van der Waals surface area contributed by atoms with Gasteiger partial charge in [0.05, 0.1) is 5.54 Å². The highest BCUT2D eigenvalue weighted by molar-refractivity contribution is 5.68. The normalized spacial score (nSPS) is 18.7. The van der Waals surface area contributed by atoms with Gasteiger partial charge in [-0.25, -0.2) is 4.79 Å². The van der Waals surface area contributed by atoms with E-state index in [1.54, 1.807) is 4.90 Å². The van der Waals surface area contributed by atoms with Gasteiger partial charge >= 0.3 is 6.09 Å². The van der Waals surface area contributed by atoms with Gasteiger partial charge < -0.3 is 19.9 Å². The van der Waals surface area contributed by atoms with Gasteiger partial charge in [-0.1, -0.05) is 0 Å². The summed E-state index contributed by atoms with van der Waals surface area (Å²) in [6.07, 6.45) is 1.02. The van der Waals surface area contributed by atoms with Crippen molar-refractivity contribution in [1.82, 2.24) is 19.7 Å². The van der Waals surface area contributed by atoms with E-state index >= 15 is 0 Å². The molecule has 1 saturated heterocycles. The number of likely N-dealkylation sites (tertiary alicyclic amines) is 1.